The van der Waals surface area contributed by atoms with E-state index >= 15 is 0 Å². The van der Waals surface area contributed by atoms with Gasteiger partial charge in [0, 0.05) is 32.5 Å². The molecular formula is C24H28F3N3O4S. The van der Waals surface area contributed by atoms with Crippen LogP contribution < -0.4 is 10.6 Å². The van der Waals surface area contributed by atoms with Gasteiger partial charge in [-0.05, 0) is 49.6 Å². The van der Waals surface area contributed by atoms with Crippen molar-refractivity contribution in [1.29, 1.82) is 0 Å². The van der Waals surface area contributed by atoms with Crippen molar-refractivity contribution in [3.63, 3.8) is 0 Å². The monoisotopic (exact) mass is 511 g/mol. The second kappa shape index (κ2) is 10.8. The molecule has 3 rings (SSSR count). The van der Waals surface area contributed by atoms with Crippen molar-refractivity contribution in [2.45, 2.75) is 56.3 Å². The molecule has 1 heterocycles. The number of halogens is 3. The normalized spacial score (nSPS) is 16.5. The van der Waals surface area contributed by atoms with Gasteiger partial charge in [0.1, 0.15) is 6.04 Å². The Morgan fingerprint density at radius 3 is 2.11 bits per heavy atom. The molecule has 0 aromatic heterocycles. The highest BCUT2D eigenvalue weighted by molar-refractivity contribution is 7.89. The van der Waals surface area contributed by atoms with Crippen LogP contribution in [-0.4, -0.2) is 49.7 Å². The van der Waals surface area contributed by atoms with Crippen molar-refractivity contribution in [2.75, 3.05) is 13.1 Å². The number of aryl methyl sites for hydroxylation is 1. The number of hydrogen-bond donors (Lipinski definition) is 2. The molecule has 0 radical (unpaired) electrons. The quantitative estimate of drug-likeness (QED) is 0.598. The van der Waals surface area contributed by atoms with E-state index in [2.05, 4.69) is 10.6 Å². The first-order valence-electron chi connectivity index (χ1n) is 11.2. The number of amides is 2. The Morgan fingerprint density at radius 1 is 1.03 bits per heavy atom. The van der Waals surface area contributed by atoms with E-state index in [1.165, 1.54) is 11.2 Å². The Morgan fingerprint density at radius 2 is 1.60 bits per heavy atom. The maximum Gasteiger partial charge on any atom is 0.416 e. The van der Waals surface area contributed by atoms with Crippen molar-refractivity contribution in [3.8, 4) is 0 Å². The molecule has 1 unspecified atom stereocenters. The number of alkyl halides is 3. The molecule has 1 aliphatic heterocycles. The molecule has 7 nitrogen and oxygen atoms in total. The second-order valence-corrected chi connectivity index (χ2v) is 10.6. The maximum atomic E-state index is 12.9. The lowest BCUT2D eigenvalue weighted by atomic mass is 10.0. The standard InChI is InChI=1S/C24H28F3N3O4S/c1-16-3-5-18(6-4-16)15-22(28-17(2)31)23(32)29-20-11-13-30(14-12-20)35(33,34)21-9-7-19(8-10-21)24(25,26)27/h3-10,20,22H,11-15H2,1-2H3,(H,28,31)(H,29,32). The summed E-state index contributed by atoms with van der Waals surface area (Å²) >= 11 is 0. The molecule has 0 bridgehead atoms. The zero-order valence-corrected chi connectivity index (χ0v) is 20.2. The lowest BCUT2D eigenvalue weighted by Crippen LogP contribution is -2.53. The van der Waals surface area contributed by atoms with Gasteiger partial charge in [-0.15, -0.1) is 0 Å². The number of sulfonamides is 1. The molecule has 1 saturated heterocycles. The van der Waals surface area contributed by atoms with E-state index < -0.39 is 27.8 Å². The third kappa shape index (κ3) is 7.04. The van der Waals surface area contributed by atoms with E-state index in [1.807, 2.05) is 31.2 Å². The van der Waals surface area contributed by atoms with Crippen LogP contribution in [0.5, 0.6) is 0 Å². The van der Waals surface area contributed by atoms with Crippen molar-refractivity contribution in [1.82, 2.24) is 14.9 Å². The average molecular weight is 512 g/mol. The van der Waals surface area contributed by atoms with Gasteiger partial charge >= 0.3 is 6.18 Å². The highest BCUT2D eigenvalue weighted by Crippen LogP contribution is 2.30. The second-order valence-electron chi connectivity index (χ2n) is 8.65. The van der Waals surface area contributed by atoms with Crippen molar-refractivity contribution in [2.24, 2.45) is 0 Å². The lowest BCUT2D eigenvalue weighted by Gasteiger charge is -2.32. The number of rotatable bonds is 7. The van der Waals surface area contributed by atoms with E-state index in [1.54, 1.807) is 0 Å². The zero-order valence-electron chi connectivity index (χ0n) is 19.4. The van der Waals surface area contributed by atoms with Gasteiger partial charge in [-0.1, -0.05) is 29.8 Å². The van der Waals surface area contributed by atoms with Crippen LogP contribution in [0, 0.1) is 6.92 Å². The fourth-order valence-corrected chi connectivity index (χ4v) is 5.39. The molecule has 2 aromatic rings. The van der Waals surface area contributed by atoms with Gasteiger partial charge in [-0.25, -0.2) is 8.42 Å². The van der Waals surface area contributed by atoms with Gasteiger partial charge < -0.3 is 10.6 Å². The number of piperidine rings is 1. The van der Waals surface area contributed by atoms with Gasteiger partial charge in [0.2, 0.25) is 21.8 Å². The first kappa shape index (κ1) is 26.7. The predicted octanol–water partition coefficient (Wildman–Crippen LogP) is 3.03. The van der Waals surface area contributed by atoms with E-state index in [4.69, 9.17) is 0 Å². The number of nitrogens with zero attached hydrogens (tertiary/aromatic N) is 1. The third-order valence-corrected chi connectivity index (χ3v) is 7.79. The first-order valence-corrected chi connectivity index (χ1v) is 12.6. The van der Waals surface area contributed by atoms with Crippen LogP contribution in [0.15, 0.2) is 53.4 Å². The maximum absolute atomic E-state index is 12.9. The van der Waals surface area contributed by atoms with E-state index in [0.717, 1.165) is 35.4 Å². The third-order valence-electron chi connectivity index (χ3n) is 5.87. The van der Waals surface area contributed by atoms with E-state index in [9.17, 15) is 31.2 Å². The molecule has 35 heavy (non-hydrogen) atoms. The smallest absolute Gasteiger partial charge is 0.351 e. The zero-order chi connectivity index (χ0) is 25.8. The molecule has 0 saturated carbocycles. The van der Waals surface area contributed by atoms with Gasteiger partial charge in [-0.2, -0.15) is 17.5 Å². The molecule has 190 valence electrons. The molecule has 11 heteroatoms. The lowest BCUT2D eigenvalue weighted by molar-refractivity contribution is -0.137. The summed E-state index contributed by atoms with van der Waals surface area (Å²) < 4.78 is 65.2. The SMILES string of the molecule is CC(=O)NC(Cc1ccc(C)cc1)C(=O)NC1CCN(S(=O)(=O)c2ccc(C(F)(F)F)cc2)CC1. The molecular weight excluding hydrogens is 483 g/mol. The molecule has 1 atom stereocenters. The first-order chi connectivity index (χ1) is 16.4. The molecule has 0 aliphatic carbocycles. The minimum absolute atomic E-state index is 0.108. The Balaban J connectivity index is 1.60. The predicted molar refractivity (Wildman–Crippen MR) is 124 cm³/mol. The summed E-state index contributed by atoms with van der Waals surface area (Å²) in [5.41, 5.74) is 1.05. The Labute approximate surface area is 202 Å². The largest absolute Gasteiger partial charge is 0.416 e. The number of carbonyl (C=O) groups is 2. The molecule has 2 N–H and O–H groups in total. The average Bonchev–Trinajstić information content (AvgIpc) is 2.79. The topological polar surface area (TPSA) is 95.6 Å². The Kier molecular flexibility index (Phi) is 8.22. The van der Waals surface area contributed by atoms with Gasteiger partial charge in [-0.3, -0.25) is 9.59 Å². The van der Waals surface area contributed by atoms with Crippen molar-refractivity contribution in [3.05, 3.63) is 65.2 Å². The van der Waals surface area contributed by atoms with Crippen LogP contribution in [0.3, 0.4) is 0 Å². The number of nitrogens with one attached hydrogen (secondary N) is 2. The highest BCUT2D eigenvalue weighted by atomic mass is 32.2. The highest BCUT2D eigenvalue weighted by Gasteiger charge is 2.33. The van der Waals surface area contributed by atoms with Gasteiger partial charge in [0.15, 0.2) is 0 Å². The Hall–Kier alpha value is -2.92. The molecule has 2 amide bonds. The summed E-state index contributed by atoms with van der Waals surface area (Å²) in [4.78, 5) is 24.3. The molecule has 0 spiro atoms. The summed E-state index contributed by atoms with van der Waals surface area (Å²) in [6, 6.07) is 9.95. The summed E-state index contributed by atoms with van der Waals surface area (Å²) in [6.45, 7) is 3.50. The molecule has 1 aliphatic rings. The molecule has 2 aromatic carbocycles. The summed E-state index contributed by atoms with van der Waals surface area (Å²) in [6.07, 6.45) is -3.56. The van der Waals surface area contributed by atoms with Crippen LogP contribution in [0.2, 0.25) is 0 Å². The van der Waals surface area contributed by atoms with Crippen molar-refractivity contribution < 1.29 is 31.2 Å². The van der Waals surface area contributed by atoms with Crippen LogP contribution in [0.4, 0.5) is 13.2 Å². The Bertz CT molecular complexity index is 1140. The van der Waals surface area contributed by atoms with Crippen LogP contribution in [0.1, 0.15) is 36.5 Å². The summed E-state index contributed by atoms with van der Waals surface area (Å²) in [5.74, 6) is -0.695. The number of carbonyl (C=O) groups excluding carboxylic acids is 2. The molecule has 1 fully saturated rings. The fourth-order valence-electron chi connectivity index (χ4n) is 3.92. The summed E-state index contributed by atoms with van der Waals surface area (Å²) in [7, 11) is -3.96. The van der Waals surface area contributed by atoms with E-state index in [0.29, 0.717) is 19.3 Å². The minimum Gasteiger partial charge on any atom is -0.351 e. The fraction of sp³-hybridized carbons (Fsp3) is 0.417. The van der Waals surface area contributed by atoms with Crippen molar-refractivity contribution >= 4 is 21.8 Å². The van der Waals surface area contributed by atoms with Crippen LogP contribution in [0.25, 0.3) is 0 Å². The summed E-state index contributed by atoms with van der Waals surface area (Å²) in [5, 5.41) is 5.56. The van der Waals surface area contributed by atoms with E-state index in [-0.39, 0.29) is 35.8 Å². The number of benzene rings is 2. The van der Waals surface area contributed by atoms with Gasteiger partial charge in [0.25, 0.3) is 0 Å². The minimum atomic E-state index is -4.55. The number of hydrogen-bond acceptors (Lipinski definition) is 4. The van der Waals surface area contributed by atoms with Gasteiger partial charge in [0.05, 0.1) is 10.5 Å². The van der Waals surface area contributed by atoms with Crippen LogP contribution >= 0.6 is 0 Å². The van der Waals surface area contributed by atoms with Crippen LogP contribution in [-0.2, 0) is 32.2 Å².